The van der Waals surface area contributed by atoms with Gasteiger partial charge in [-0.05, 0) is 74.8 Å². The van der Waals surface area contributed by atoms with E-state index in [0.717, 1.165) is 46.0 Å². The van der Waals surface area contributed by atoms with Gasteiger partial charge >= 0.3 is 0 Å². The molecule has 0 atom stereocenters. The number of nitrogens with zero attached hydrogens (tertiary/aromatic N) is 2. The van der Waals surface area contributed by atoms with Crippen molar-refractivity contribution in [2.24, 2.45) is 0 Å². The minimum Gasteiger partial charge on any atom is -0.251 e. The summed E-state index contributed by atoms with van der Waals surface area (Å²) < 4.78 is 0. The summed E-state index contributed by atoms with van der Waals surface area (Å²) in [6, 6.07) is 39.7. The molecule has 0 unspecified atom stereocenters. The highest BCUT2D eigenvalue weighted by atomic mass is 14.8. The first kappa shape index (κ1) is 22.6. The lowest BCUT2D eigenvalue weighted by molar-refractivity contribution is 1.05. The SMILES string of the molecule is CCc1ccc2ccc3c(-c4ccc(-c5ccc6c(ccc7ccccc76)c5)cc4)cc(CC)nc3c2n1. The molecule has 0 fully saturated rings. The van der Waals surface area contributed by atoms with Crippen LogP contribution in [-0.4, -0.2) is 9.97 Å². The Labute approximate surface area is 222 Å². The minimum absolute atomic E-state index is 0.886. The molecule has 2 heterocycles. The summed E-state index contributed by atoms with van der Waals surface area (Å²) in [6.45, 7) is 4.31. The maximum Gasteiger partial charge on any atom is 0.0974 e. The fraction of sp³-hybridized carbons (Fsp3) is 0.111. The summed E-state index contributed by atoms with van der Waals surface area (Å²) in [5.41, 5.74) is 9.06. The molecule has 0 amide bonds. The summed E-state index contributed by atoms with van der Waals surface area (Å²) in [6.07, 6.45) is 1.80. The summed E-state index contributed by atoms with van der Waals surface area (Å²) in [4.78, 5) is 10.0. The molecule has 0 spiro atoms. The summed E-state index contributed by atoms with van der Waals surface area (Å²) in [5, 5.41) is 7.44. The number of hydrogen-bond acceptors (Lipinski definition) is 2. The maximum atomic E-state index is 5.04. The van der Waals surface area contributed by atoms with E-state index in [1.54, 1.807) is 0 Å². The Hall–Kier alpha value is -4.56. The number of pyridine rings is 2. The van der Waals surface area contributed by atoms with Crippen molar-refractivity contribution >= 4 is 43.4 Å². The van der Waals surface area contributed by atoms with Crippen LogP contribution in [-0.2, 0) is 12.8 Å². The highest BCUT2D eigenvalue weighted by Crippen LogP contribution is 2.35. The Morgan fingerprint density at radius 3 is 1.92 bits per heavy atom. The molecule has 0 aliphatic rings. The van der Waals surface area contributed by atoms with E-state index in [9.17, 15) is 0 Å². The van der Waals surface area contributed by atoms with Gasteiger partial charge in [0.1, 0.15) is 0 Å². The van der Waals surface area contributed by atoms with Crippen molar-refractivity contribution in [3.63, 3.8) is 0 Å². The van der Waals surface area contributed by atoms with Gasteiger partial charge in [0.2, 0.25) is 0 Å². The Morgan fingerprint density at radius 2 is 1.08 bits per heavy atom. The van der Waals surface area contributed by atoms with E-state index in [0.29, 0.717) is 0 Å². The van der Waals surface area contributed by atoms with Crippen molar-refractivity contribution in [1.82, 2.24) is 9.97 Å². The first-order valence-corrected chi connectivity index (χ1v) is 13.5. The summed E-state index contributed by atoms with van der Waals surface area (Å²) >= 11 is 0. The third-order valence-electron chi connectivity index (χ3n) is 7.75. The fourth-order valence-corrected chi connectivity index (χ4v) is 5.62. The highest BCUT2D eigenvalue weighted by Gasteiger charge is 2.12. The van der Waals surface area contributed by atoms with Gasteiger partial charge < -0.3 is 0 Å². The number of hydrogen-bond donors (Lipinski definition) is 0. The predicted octanol–water partition coefficient (Wildman–Crippen LogP) is 9.55. The predicted molar refractivity (Wildman–Crippen MR) is 162 cm³/mol. The Kier molecular flexibility index (Phi) is 5.40. The molecular formula is C36H28N2. The van der Waals surface area contributed by atoms with Crippen LogP contribution >= 0.6 is 0 Å². The van der Waals surface area contributed by atoms with Gasteiger partial charge in [0.25, 0.3) is 0 Å². The molecule has 0 aliphatic carbocycles. The molecule has 7 rings (SSSR count). The van der Waals surface area contributed by atoms with Crippen molar-refractivity contribution < 1.29 is 0 Å². The van der Waals surface area contributed by atoms with E-state index >= 15 is 0 Å². The lowest BCUT2D eigenvalue weighted by Gasteiger charge is -2.13. The standard InChI is InChI=1S/C36H28N2/c1-3-29-18-15-26-16-20-33-34(22-30(4-2)38-36(33)35(26)37-29)25-11-9-23(10-12-25)27-17-19-32-28(21-27)14-13-24-7-5-6-8-31(24)32/h5-22H,3-4H2,1-2H3. The molecule has 0 N–H and O–H groups in total. The fourth-order valence-electron chi connectivity index (χ4n) is 5.62. The molecule has 0 aliphatic heterocycles. The zero-order valence-electron chi connectivity index (χ0n) is 21.7. The van der Waals surface area contributed by atoms with Crippen molar-refractivity contribution in [1.29, 1.82) is 0 Å². The Morgan fingerprint density at radius 1 is 0.447 bits per heavy atom. The molecule has 5 aromatic carbocycles. The van der Waals surface area contributed by atoms with E-state index < -0.39 is 0 Å². The second kappa shape index (κ2) is 9.08. The smallest absolute Gasteiger partial charge is 0.0974 e. The Bertz CT molecular complexity index is 1980. The van der Waals surface area contributed by atoms with Gasteiger partial charge in [-0.25, -0.2) is 0 Å². The third-order valence-corrected chi connectivity index (χ3v) is 7.75. The van der Waals surface area contributed by atoms with E-state index in [4.69, 9.17) is 9.97 Å². The van der Waals surface area contributed by atoms with E-state index in [-0.39, 0.29) is 0 Å². The zero-order chi connectivity index (χ0) is 25.6. The molecular weight excluding hydrogens is 460 g/mol. The number of aryl methyl sites for hydroxylation is 2. The van der Waals surface area contributed by atoms with Crippen LogP contribution in [0.3, 0.4) is 0 Å². The molecule has 2 aromatic heterocycles. The van der Waals surface area contributed by atoms with E-state index in [2.05, 4.69) is 123 Å². The van der Waals surface area contributed by atoms with Gasteiger partial charge in [-0.15, -0.1) is 0 Å². The normalized spacial score (nSPS) is 11.6. The molecule has 182 valence electrons. The topological polar surface area (TPSA) is 25.8 Å². The van der Waals surface area contributed by atoms with Crippen LogP contribution in [0.25, 0.3) is 65.6 Å². The molecule has 0 saturated carbocycles. The lowest BCUT2D eigenvalue weighted by Crippen LogP contribution is -1.95. The first-order chi connectivity index (χ1) is 18.7. The lowest BCUT2D eigenvalue weighted by atomic mass is 9.94. The van der Waals surface area contributed by atoms with Gasteiger partial charge in [0, 0.05) is 22.2 Å². The van der Waals surface area contributed by atoms with Crippen LogP contribution in [0.2, 0.25) is 0 Å². The van der Waals surface area contributed by atoms with Crippen LogP contribution in [0, 0.1) is 0 Å². The van der Waals surface area contributed by atoms with Gasteiger partial charge in [-0.3, -0.25) is 9.97 Å². The first-order valence-electron chi connectivity index (χ1n) is 13.5. The number of rotatable bonds is 4. The molecule has 2 heteroatoms. The third kappa shape index (κ3) is 3.72. The molecule has 7 aromatic rings. The molecule has 0 saturated heterocycles. The van der Waals surface area contributed by atoms with Crippen molar-refractivity contribution in [2.45, 2.75) is 26.7 Å². The molecule has 38 heavy (non-hydrogen) atoms. The van der Waals surface area contributed by atoms with Crippen LogP contribution < -0.4 is 0 Å². The second-order valence-electron chi connectivity index (χ2n) is 10.0. The van der Waals surface area contributed by atoms with Crippen molar-refractivity contribution in [3.8, 4) is 22.3 Å². The molecule has 2 nitrogen and oxygen atoms in total. The monoisotopic (exact) mass is 488 g/mol. The zero-order valence-corrected chi connectivity index (χ0v) is 21.7. The average Bonchev–Trinajstić information content (AvgIpc) is 2.99. The van der Waals surface area contributed by atoms with Crippen molar-refractivity contribution in [3.05, 3.63) is 121 Å². The average molecular weight is 489 g/mol. The minimum atomic E-state index is 0.886. The summed E-state index contributed by atoms with van der Waals surface area (Å²) in [7, 11) is 0. The van der Waals surface area contributed by atoms with Crippen LogP contribution in [0.1, 0.15) is 25.2 Å². The van der Waals surface area contributed by atoms with Gasteiger partial charge in [0.05, 0.1) is 11.0 Å². The number of fused-ring (bicyclic) bond motifs is 6. The van der Waals surface area contributed by atoms with Crippen molar-refractivity contribution in [2.75, 3.05) is 0 Å². The number of aromatic nitrogens is 2. The highest BCUT2D eigenvalue weighted by molar-refractivity contribution is 6.09. The number of benzene rings is 5. The van der Waals surface area contributed by atoms with Crippen LogP contribution in [0.15, 0.2) is 109 Å². The second-order valence-corrected chi connectivity index (χ2v) is 10.0. The van der Waals surface area contributed by atoms with Crippen LogP contribution in [0.4, 0.5) is 0 Å². The largest absolute Gasteiger partial charge is 0.251 e. The maximum absolute atomic E-state index is 5.04. The van der Waals surface area contributed by atoms with Crippen LogP contribution in [0.5, 0.6) is 0 Å². The summed E-state index contributed by atoms with van der Waals surface area (Å²) in [5.74, 6) is 0. The molecule has 0 radical (unpaired) electrons. The van der Waals surface area contributed by atoms with E-state index in [1.165, 1.54) is 43.8 Å². The Balaban J connectivity index is 1.33. The molecule has 0 bridgehead atoms. The van der Waals surface area contributed by atoms with E-state index in [1.807, 2.05) is 0 Å². The van der Waals surface area contributed by atoms with Gasteiger partial charge in [-0.2, -0.15) is 0 Å². The van der Waals surface area contributed by atoms with Gasteiger partial charge in [0.15, 0.2) is 0 Å². The quantitative estimate of drug-likeness (QED) is 0.231. The van der Waals surface area contributed by atoms with Gasteiger partial charge in [-0.1, -0.05) is 105 Å².